The van der Waals surface area contributed by atoms with Crippen LogP contribution in [-0.2, 0) is 17.3 Å². The summed E-state index contributed by atoms with van der Waals surface area (Å²) in [5, 5.41) is 2.82. The highest BCUT2D eigenvalue weighted by Gasteiger charge is 2.35. The molecule has 2 heteroatoms. The molecule has 0 saturated heterocycles. The third-order valence-corrected chi connectivity index (χ3v) is 8.67. The molecule has 0 radical (unpaired) electrons. The van der Waals surface area contributed by atoms with Gasteiger partial charge in [0.05, 0.1) is 0 Å². The number of hydrogen-bond donors (Lipinski definition) is 0. The van der Waals surface area contributed by atoms with Gasteiger partial charge in [0, 0.05) is 22.0 Å². The molecule has 0 heterocycles. The van der Waals surface area contributed by atoms with Crippen molar-refractivity contribution in [3.63, 3.8) is 0 Å². The lowest BCUT2D eigenvalue weighted by atomic mass is 9.66. The Labute approximate surface area is 225 Å². The fourth-order valence-corrected chi connectivity index (χ4v) is 6.39. The molecule has 0 aliphatic heterocycles. The highest BCUT2D eigenvalue weighted by atomic mass is 16.1. The Morgan fingerprint density at radius 2 is 1.29 bits per heavy atom. The van der Waals surface area contributed by atoms with Crippen LogP contribution >= 0.6 is 0 Å². The number of rotatable bonds is 0. The van der Waals surface area contributed by atoms with Crippen LogP contribution < -0.4 is 0 Å². The van der Waals surface area contributed by atoms with E-state index < -0.39 is 0 Å². The summed E-state index contributed by atoms with van der Waals surface area (Å²) < 4.78 is 0. The van der Waals surface area contributed by atoms with Crippen LogP contribution in [0, 0.1) is 0 Å². The van der Waals surface area contributed by atoms with Gasteiger partial charge in [-0.2, -0.15) is 0 Å². The zero-order valence-electron chi connectivity index (χ0n) is 22.7. The quantitative estimate of drug-likeness (QED) is 0.291. The fourth-order valence-electron chi connectivity index (χ4n) is 6.39. The fraction of sp³-hybridized carbons (Fsp3) is 0.278. The van der Waals surface area contributed by atoms with E-state index in [2.05, 4.69) is 88.4 Å². The number of allylic oxidation sites excluding steroid dienone is 8. The van der Waals surface area contributed by atoms with E-state index in [0.717, 1.165) is 11.1 Å². The summed E-state index contributed by atoms with van der Waals surface area (Å²) in [6.45, 7) is 8.54. The van der Waals surface area contributed by atoms with E-state index in [9.17, 15) is 9.59 Å². The van der Waals surface area contributed by atoms with E-state index in [1.165, 1.54) is 59.7 Å². The molecule has 0 fully saturated rings. The Morgan fingerprint density at radius 3 is 1.95 bits per heavy atom. The molecule has 2 nitrogen and oxygen atoms in total. The lowest BCUT2D eigenvalue weighted by molar-refractivity contribution is 0.0994. The normalized spacial score (nSPS) is 19.8. The van der Waals surface area contributed by atoms with Crippen LogP contribution in [-0.4, -0.2) is 11.6 Å². The summed E-state index contributed by atoms with van der Waals surface area (Å²) in [7, 11) is 0. The van der Waals surface area contributed by atoms with Crippen LogP contribution in [0.15, 0.2) is 90.6 Å². The molecule has 0 saturated carbocycles. The second kappa shape index (κ2) is 8.91. The van der Waals surface area contributed by atoms with Crippen molar-refractivity contribution in [3.8, 4) is 0 Å². The molecule has 3 aromatic rings. The number of fused-ring (bicyclic) bond motifs is 6. The molecule has 0 amide bonds. The van der Waals surface area contributed by atoms with Crippen molar-refractivity contribution < 1.29 is 9.59 Å². The number of hydrogen-bond acceptors (Lipinski definition) is 2. The maximum absolute atomic E-state index is 12.0. The summed E-state index contributed by atoms with van der Waals surface area (Å²) in [5.41, 5.74) is 9.32. The van der Waals surface area contributed by atoms with Gasteiger partial charge in [0.15, 0.2) is 11.6 Å². The zero-order valence-corrected chi connectivity index (χ0v) is 22.7. The van der Waals surface area contributed by atoms with Gasteiger partial charge in [0.2, 0.25) is 0 Å². The van der Waals surface area contributed by atoms with Crippen molar-refractivity contribution >= 4 is 27.9 Å². The molecule has 0 aromatic heterocycles. The Bertz CT molecular complexity index is 1580. The zero-order chi connectivity index (χ0) is 26.7. The van der Waals surface area contributed by atoms with Crippen LogP contribution in [0.3, 0.4) is 0 Å². The Kier molecular flexibility index (Phi) is 5.76. The van der Waals surface area contributed by atoms with Crippen LogP contribution in [0.5, 0.6) is 0 Å². The maximum atomic E-state index is 12.0. The molecule has 4 aliphatic rings. The van der Waals surface area contributed by atoms with Gasteiger partial charge in [-0.15, -0.1) is 0 Å². The lowest BCUT2D eigenvalue weighted by Gasteiger charge is -2.37. The predicted octanol–water partition coefficient (Wildman–Crippen LogP) is 8.64. The second-order valence-electron chi connectivity index (χ2n) is 12.1. The molecule has 0 bridgehead atoms. The average Bonchev–Trinajstić information content (AvgIpc) is 2.93. The van der Waals surface area contributed by atoms with Gasteiger partial charge >= 0.3 is 0 Å². The van der Waals surface area contributed by atoms with Gasteiger partial charge in [0.25, 0.3) is 0 Å². The van der Waals surface area contributed by atoms with E-state index in [1.807, 2.05) is 12.1 Å². The number of benzene rings is 3. The van der Waals surface area contributed by atoms with Gasteiger partial charge in [-0.25, -0.2) is 0 Å². The highest BCUT2D eigenvalue weighted by molar-refractivity contribution is 6.22. The molecule has 0 N–H and O–H groups in total. The van der Waals surface area contributed by atoms with E-state index in [-0.39, 0.29) is 22.4 Å². The van der Waals surface area contributed by atoms with Crippen molar-refractivity contribution in [1.82, 2.24) is 0 Å². The molecule has 0 unspecified atom stereocenters. The van der Waals surface area contributed by atoms with Crippen LogP contribution in [0.4, 0.5) is 0 Å². The largest absolute Gasteiger partial charge is 0.289 e. The summed E-state index contributed by atoms with van der Waals surface area (Å²) in [6, 6.07) is 17.2. The molecule has 0 atom stereocenters. The van der Waals surface area contributed by atoms with Crippen molar-refractivity contribution in [2.75, 3.05) is 0 Å². The summed E-state index contributed by atoms with van der Waals surface area (Å²) in [5.74, 6) is -0.156. The van der Waals surface area contributed by atoms with E-state index >= 15 is 0 Å². The Hall–Kier alpha value is -3.78. The standard InChI is InChI=1S/C18H18O2.C18H16/c1-17(2)7-8-18(3,4)14-10-12-11(9-13(14)17)15(19)5-6-16(12)20;1-3-7-15-13(5-1)9-11-18-16-8-4-2-6-14(16)10-12-17(15)18/h5-10H,1-4H3;1,3-5,7-9,11H,2,6,10,12H2. The minimum absolute atomic E-state index is 0.0782. The van der Waals surface area contributed by atoms with E-state index in [1.54, 1.807) is 11.1 Å². The molecular weight excluding hydrogens is 464 g/mol. The minimum atomic E-state index is -0.121. The van der Waals surface area contributed by atoms with Crippen molar-refractivity contribution in [3.05, 3.63) is 124 Å². The third kappa shape index (κ3) is 4.04. The van der Waals surface area contributed by atoms with Gasteiger partial charge in [0.1, 0.15) is 0 Å². The maximum Gasteiger partial charge on any atom is 0.186 e. The number of aryl methyl sites for hydroxylation is 1. The van der Waals surface area contributed by atoms with Crippen molar-refractivity contribution in [1.29, 1.82) is 0 Å². The molecular formula is C36H34O2. The summed E-state index contributed by atoms with van der Waals surface area (Å²) in [4.78, 5) is 24.1. The van der Waals surface area contributed by atoms with Gasteiger partial charge in [-0.1, -0.05) is 94.0 Å². The summed E-state index contributed by atoms with van der Waals surface area (Å²) >= 11 is 0. The molecule has 4 aliphatic carbocycles. The molecule has 7 rings (SSSR count). The van der Waals surface area contributed by atoms with E-state index in [4.69, 9.17) is 0 Å². The van der Waals surface area contributed by atoms with Gasteiger partial charge in [-0.3, -0.25) is 9.59 Å². The Balaban J connectivity index is 0.000000140. The lowest BCUT2D eigenvalue weighted by Crippen LogP contribution is -2.30. The smallest absolute Gasteiger partial charge is 0.186 e. The first-order valence-electron chi connectivity index (χ1n) is 13.7. The molecule has 190 valence electrons. The summed E-state index contributed by atoms with van der Waals surface area (Å²) in [6.07, 6.45) is 16.7. The first-order valence-corrected chi connectivity index (χ1v) is 13.7. The Morgan fingerprint density at radius 1 is 0.658 bits per heavy atom. The van der Waals surface area contributed by atoms with Crippen LogP contribution in [0.25, 0.3) is 16.3 Å². The van der Waals surface area contributed by atoms with Crippen molar-refractivity contribution in [2.45, 2.75) is 64.2 Å². The highest BCUT2D eigenvalue weighted by Crippen LogP contribution is 2.43. The van der Waals surface area contributed by atoms with Crippen LogP contribution in [0.1, 0.15) is 89.9 Å². The number of ketones is 2. The first kappa shape index (κ1) is 24.6. The van der Waals surface area contributed by atoms with Gasteiger partial charge in [-0.05, 0) is 88.6 Å². The van der Waals surface area contributed by atoms with Crippen molar-refractivity contribution in [2.24, 2.45) is 0 Å². The molecule has 3 aromatic carbocycles. The van der Waals surface area contributed by atoms with Gasteiger partial charge < -0.3 is 0 Å². The molecule has 0 spiro atoms. The predicted molar refractivity (Wildman–Crippen MR) is 157 cm³/mol. The minimum Gasteiger partial charge on any atom is -0.289 e. The average molecular weight is 499 g/mol. The second-order valence-corrected chi connectivity index (χ2v) is 12.1. The van der Waals surface area contributed by atoms with E-state index in [0.29, 0.717) is 11.1 Å². The SMILES string of the molecule is C1=CC2=C(CC1)CCc1c2ccc2ccccc12.CC1(C)C=CC(C)(C)c2cc3c(cc21)C(=O)C=CC3=O. The molecule has 38 heavy (non-hydrogen) atoms. The number of carbonyl (C=O) groups is 2. The monoisotopic (exact) mass is 498 g/mol. The third-order valence-electron chi connectivity index (χ3n) is 8.67. The number of carbonyl (C=O) groups excluding carboxylic acids is 2. The topological polar surface area (TPSA) is 34.1 Å². The first-order chi connectivity index (χ1) is 18.2. The van der Waals surface area contributed by atoms with Crippen LogP contribution in [0.2, 0.25) is 0 Å².